The summed E-state index contributed by atoms with van der Waals surface area (Å²) in [4.78, 5) is 0. The normalized spacial score (nSPS) is 12.4. The third-order valence-corrected chi connectivity index (χ3v) is 4.29. The maximum absolute atomic E-state index is 13.2. The molecule has 2 aromatic carbocycles. The fraction of sp³-hybridized carbons (Fsp3) is 0.250. The highest BCUT2D eigenvalue weighted by Gasteiger charge is 2.18. The van der Waals surface area contributed by atoms with Crippen LogP contribution in [0.15, 0.2) is 36.4 Å². The van der Waals surface area contributed by atoms with Gasteiger partial charge in [-0.15, -0.1) is 0 Å². The Hall–Kier alpha value is -0.800. The van der Waals surface area contributed by atoms with E-state index in [1.54, 1.807) is 24.3 Å². The Morgan fingerprint density at radius 3 is 2.29 bits per heavy atom. The van der Waals surface area contributed by atoms with Gasteiger partial charge in [-0.2, -0.15) is 0 Å². The Kier molecular flexibility index (Phi) is 5.88. The Morgan fingerprint density at radius 2 is 1.71 bits per heavy atom. The molecule has 1 atom stereocenters. The minimum absolute atomic E-state index is 0.0829. The van der Waals surface area contributed by atoms with Crippen LogP contribution in [0.3, 0.4) is 0 Å². The Balaban J connectivity index is 2.35. The van der Waals surface area contributed by atoms with Crippen molar-refractivity contribution >= 4 is 34.8 Å². The summed E-state index contributed by atoms with van der Waals surface area (Å²) >= 11 is 18.6. The van der Waals surface area contributed by atoms with Gasteiger partial charge in [0, 0.05) is 21.1 Å². The maximum Gasteiger partial charge on any atom is 0.124 e. The van der Waals surface area contributed by atoms with Crippen molar-refractivity contribution in [2.45, 2.75) is 19.4 Å². The highest BCUT2D eigenvalue weighted by atomic mass is 35.5. The summed E-state index contributed by atoms with van der Waals surface area (Å²) in [5.74, 6) is -0.352. The molecule has 0 spiro atoms. The van der Waals surface area contributed by atoms with Crippen molar-refractivity contribution in [1.82, 2.24) is 5.32 Å². The van der Waals surface area contributed by atoms with E-state index in [1.165, 1.54) is 12.1 Å². The standard InChI is InChI=1S/C16H15Cl3FN/c1-2-21-16(11-7-6-10(20)8-15(11)19)9-12-13(17)4-3-5-14(12)18/h3-8,16,21H,2,9H2,1H3. The van der Waals surface area contributed by atoms with Crippen LogP contribution < -0.4 is 5.32 Å². The molecule has 1 nitrogen and oxygen atoms in total. The molecule has 0 aromatic heterocycles. The lowest BCUT2D eigenvalue weighted by Crippen LogP contribution is -2.23. The second-order valence-corrected chi connectivity index (χ2v) is 5.90. The zero-order valence-electron chi connectivity index (χ0n) is 11.5. The number of benzene rings is 2. The van der Waals surface area contributed by atoms with Crippen molar-refractivity contribution in [3.8, 4) is 0 Å². The molecule has 21 heavy (non-hydrogen) atoms. The number of nitrogens with one attached hydrogen (secondary N) is 1. The van der Waals surface area contributed by atoms with E-state index >= 15 is 0 Å². The first kappa shape index (κ1) is 16.6. The molecule has 1 unspecified atom stereocenters. The van der Waals surface area contributed by atoms with E-state index in [-0.39, 0.29) is 11.9 Å². The molecule has 0 radical (unpaired) electrons. The third kappa shape index (κ3) is 4.10. The van der Waals surface area contributed by atoms with E-state index < -0.39 is 0 Å². The van der Waals surface area contributed by atoms with Gasteiger partial charge < -0.3 is 5.32 Å². The Bertz CT molecular complexity index is 611. The SMILES string of the molecule is CCNC(Cc1c(Cl)cccc1Cl)c1ccc(F)cc1Cl. The van der Waals surface area contributed by atoms with Gasteiger partial charge in [-0.3, -0.25) is 0 Å². The zero-order chi connectivity index (χ0) is 15.4. The monoisotopic (exact) mass is 345 g/mol. The molecule has 112 valence electrons. The minimum atomic E-state index is -0.352. The van der Waals surface area contributed by atoms with Crippen molar-refractivity contribution in [2.24, 2.45) is 0 Å². The van der Waals surface area contributed by atoms with Crippen LogP contribution in [0.2, 0.25) is 15.1 Å². The predicted octanol–water partition coefficient (Wildman–Crippen LogP) is 5.68. The van der Waals surface area contributed by atoms with Crippen molar-refractivity contribution < 1.29 is 4.39 Å². The molecule has 2 rings (SSSR count). The lowest BCUT2D eigenvalue weighted by Gasteiger charge is -2.21. The molecule has 0 heterocycles. The maximum atomic E-state index is 13.2. The van der Waals surface area contributed by atoms with Gasteiger partial charge in [-0.05, 0) is 48.4 Å². The van der Waals surface area contributed by atoms with Crippen LogP contribution in [0.5, 0.6) is 0 Å². The molecule has 0 fully saturated rings. The second kappa shape index (κ2) is 7.46. The molecule has 0 saturated carbocycles. The molecule has 0 aliphatic rings. The van der Waals surface area contributed by atoms with E-state index in [0.717, 1.165) is 17.7 Å². The summed E-state index contributed by atoms with van der Waals surface area (Å²) in [6, 6.07) is 9.74. The minimum Gasteiger partial charge on any atom is -0.310 e. The molecule has 5 heteroatoms. The first-order chi connectivity index (χ1) is 10.0. The predicted molar refractivity (Wildman–Crippen MR) is 88.0 cm³/mol. The van der Waals surface area contributed by atoms with Crippen LogP contribution in [-0.2, 0) is 6.42 Å². The molecule has 0 aliphatic carbocycles. The number of hydrogen-bond donors (Lipinski definition) is 1. The highest BCUT2D eigenvalue weighted by Crippen LogP contribution is 2.32. The van der Waals surface area contributed by atoms with Crippen molar-refractivity contribution in [1.29, 1.82) is 0 Å². The molecular weight excluding hydrogens is 332 g/mol. The largest absolute Gasteiger partial charge is 0.310 e. The molecule has 0 saturated heterocycles. The van der Waals surface area contributed by atoms with E-state index in [4.69, 9.17) is 34.8 Å². The van der Waals surface area contributed by atoms with Gasteiger partial charge in [-0.1, -0.05) is 53.9 Å². The first-order valence-electron chi connectivity index (χ1n) is 6.64. The van der Waals surface area contributed by atoms with E-state index in [9.17, 15) is 4.39 Å². The Labute approximate surface area is 139 Å². The second-order valence-electron chi connectivity index (χ2n) is 4.68. The summed E-state index contributed by atoms with van der Waals surface area (Å²) in [7, 11) is 0. The Morgan fingerprint density at radius 1 is 1.05 bits per heavy atom. The fourth-order valence-electron chi connectivity index (χ4n) is 2.25. The van der Waals surface area contributed by atoms with Crippen molar-refractivity contribution in [2.75, 3.05) is 6.54 Å². The van der Waals surface area contributed by atoms with Gasteiger partial charge >= 0.3 is 0 Å². The van der Waals surface area contributed by atoms with E-state index in [0.29, 0.717) is 21.5 Å². The van der Waals surface area contributed by atoms with Crippen LogP contribution in [-0.4, -0.2) is 6.54 Å². The summed E-state index contributed by atoms with van der Waals surface area (Å²) < 4.78 is 13.2. The van der Waals surface area contributed by atoms with Crippen LogP contribution in [0.25, 0.3) is 0 Å². The molecule has 0 bridgehead atoms. The van der Waals surface area contributed by atoms with Gasteiger partial charge in [-0.25, -0.2) is 4.39 Å². The highest BCUT2D eigenvalue weighted by molar-refractivity contribution is 6.36. The van der Waals surface area contributed by atoms with Crippen molar-refractivity contribution in [3.63, 3.8) is 0 Å². The molecular formula is C16H15Cl3FN. The first-order valence-corrected chi connectivity index (χ1v) is 7.77. The topological polar surface area (TPSA) is 12.0 Å². The number of rotatable bonds is 5. The van der Waals surface area contributed by atoms with Crippen LogP contribution in [0, 0.1) is 5.82 Å². The molecule has 2 aromatic rings. The summed E-state index contributed by atoms with van der Waals surface area (Å²) in [5.41, 5.74) is 1.68. The quantitative estimate of drug-likeness (QED) is 0.734. The average molecular weight is 347 g/mol. The fourth-order valence-corrected chi connectivity index (χ4v) is 3.10. The van der Waals surface area contributed by atoms with E-state index in [1.807, 2.05) is 6.92 Å². The van der Waals surface area contributed by atoms with E-state index in [2.05, 4.69) is 5.32 Å². The molecule has 1 N–H and O–H groups in total. The van der Waals surface area contributed by atoms with Gasteiger partial charge in [0.05, 0.1) is 0 Å². The average Bonchev–Trinajstić information content (AvgIpc) is 2.42. The summed E-state index contributed by atoms with van der Waals surface area (Å²) in [6.07, 6.45) is 0.581. The van der Waals surface area contributed by atoms with Gasteiger partial charge in [0.15, 0.2) is 0 Å². The van der Waals surface area contributed by atoms with Crippen LogP contribution in [0.1, 0.15) is 24.1 Å². The molecule has 0 aliphatic heterocycles. The van der Waals surface area contributed by atoms with Gasteiger partial charge in [0.1, 0.15) is 5.82 Å². The van der Waals surface area contributed by atoms with Gasteiger partial charge in [0.2, 0.25) is 0 Å². The van der Waals surface area contributed by atoms with Gasteiger partial charge in [0.25, 0.3) is 0 Å². The number of hydrogen-bond acceptors (Lipinski definition) is 1. The summed E-state index contributed by atoms with van der Waals surface area (Å²) in [6.45, 7) is 2.75. The lowest BCUT2D eigenvalue weighted by atomic mass is 9.98. The lowest BCUT2D eigenvalue weighted by molar-refractivity contribution is 0.547. The van der Waals surface area contributed by atoms with Crippen LogP contribution >= 0.6 is 34.8 Å². The van der Waals surface area contributed by atoms with Crippen LogP contribution in [0.4, 0.5) is 4.39 Å². The molecule has 0 amide bonds. The number of likely N-dealkylation sites (N-methyl/N-ethyl adjacent to an activating group) is 1. The summed E-state index contributed by atoms with van der Waals surface area (Å²) in [5, 5.41) is 4.96. The smallest absolute Gasteiger partial charge is 0.124 e. The van der Waals surface area contributed by atoms with Crippen molar-refractivity contribution in [3.05, 3.63) is 68.4 Å². The number of halogens is 4. The zero-order valence-corrected chi connectivity index (χ0v) is 13.7. The third-order valence-electron chi connectivity index (χ3n) is 3.26.